The number of amides is 1. The predicted molar refractivity (Wildman–Crippen MR) is 133 cm³/mol. The molecule has 170 valence electrons. The second kappa shape index (κ2) is 9.85. The molecule has 4 rings (SSSR count). The van der Waals surface area contributed by atoms with Crippen LogP contribution >= 0.6 is 23.4 Å². The molecule has 8 heteroatoms. The summed E-state index contributed by atoms with van der Waals surface area (Å²) in [6.07, 6.45) is 0. The van der Waals surface area contributed by atoms with Gasteiger partial charge in [0.25, 0.3) is 11.6 Å². The van der Waals surface area contributed by atoms with Gasteiger partial charge in [0.05, 0.1) is 9.82 Å². The number of aryl methyl sites for hydroxylation is 2. The van der Waals surface area contributed by atoms with Crippen molar-refractivity contribution in [3.63, 3.8) is 0 Å². The molecule has 0 spiro atoms. The normalized spacial score (nSPS) is 13.8. The number of nitro groups is 1. The molecule has 1 aliphatic rings. The largest absolute Gasteiger partial charge is 0.368 e. The number of nitrogens with zero attached hydrogens (tertiary/aromatic N) is 3. The first-order valence-corrected chi connectivity index (χ1v) is 11.8. The summed E-state index contributed by atoms with van der Waals surface area (Å²) >= 11 is 7.29. The smallest absolute Gasteiger partial charge is 0.284 e. The van der Waals surface area contributed by atoms with Gasteiger partial charge in [0.1, 0.15) is 0 Å². The van der Waals surface area contributed by atoms with Gasteiger partial charge in [-0.25, -0.2) is 0 Å². The minimum atomic E-state index is -0.442. The van der Waals surface area contributed by atoms with Gasteiger partial charge >= 0.3 is 0 Å². The Labute approximate surface area is 202 Å². The van der Waals surface area contributed by atoms with Gasteiger partial charge in [-0.05, 0) is 61.4 Å². The fourth-order valence-electron chi connectivity index (χ4n) is 3.93. The van der Waals surface area contributed by atoms with E-state index in [0.717, 1.165) is 18.0 Å². The van der Waals surface area contributed by atoms with Gasteiger partial charge < -0.3 is 9.80 Å². The number of piperazine rings is 1. The van der Waals surface area contributed by atoms with Crippen molar-refractivity contribution in [1.29, 1.82) is 0 Å². The first kappa shape index (κ1) is 23.1. The highest BCUT2D eigenvalue weighted by atomic mass is 35.5. The van der Waals surface area contributed by atoms with Gasteiger partial charge in [0.15, 0.2) is 0 Å². The summed E-state index contributed by atoms with van der Waals surface area (Å²) in [5.74, 6) is -0.182. The average Bonchev–Trinajstić information content (AvgIpc) is 2.80. The Balaban J connectivity index is 1.49. The SMILES string of the molecule is Cc1ccc(C)c(N2CCN(C(=O)c3ccc(Sc4cccc(Cl)c4)c([N+](=O)[O-])c3)CC2)c1. The minimum Gasteiger partial charge on any atom is -0.368 e. The first-order valence-electron chi connectivity index (χ1n) is 10.6. The zero-order valence-electron chi connectivity index (χ0n) is 18.5. The van der Waals surface area contributed by atoms with E-state index in [1.54, 1.807) is 35.2 Å². The van der Waals surface area contributed by atoms with Crippen LogP contribution in [-0.4, -0.2) is 41.9 Å². The van der Waals surface area contributed by atoms with E-state index in [9.17, 15) is 14.9 Å². The fraction of sp³-hybridized carbons (Fsp3) is 0.240. The number of halogens is 1. The Morgan fingerprint density at radius 2 is 1.76 bits per heavy atom. The third kappa shape index (κ3) is 5.31. The molecule has 0 aliphatic carbocycles. The van der Waals surface area contributed by atoms with E-state index < -0.39 is 4.92 Å². The van der Waals surface area contributed by atoms with Crippen LogP contribution in [0.25, 0.3) is 0 Å². The van der Waals surface area contributed by atoms with Crippen molar-refractivity contribution in [3.05, 3.63) is 92.5 Å². The summed E-state index contributed by atoms with van der Waals surface area (Å²) in [6, 6.07) is 18.2. The molecule has 1 fully saturated rings. The minimum absolute atomic E-state index is 0.0835. The molecular formula is C25H24ClN3O3S. The van der Waals surface area contributed by atoms with Crippen LogP contribution in [0.4, 0.5) is 11.4 Å². The van der Waals surface area contributed by atoms with Crippen LogP contribution in [0.2, 0.25) is 5.02 Å². The highest BCUT2D eigenvalue weighted by molar-refractivity contribution is 7.99. The molecule has 0 N–H and O–H groups in total. The van der Waals surface area contributed by atoms with E-state index >= 15 is 0 Å². The molecule has 0 aromatic heterocycles. The molecule has 1 heterocycles. The van der Waals surface area contributed by atoms with Crippen LogP contribution in [0.1, 0.15) is 21.5 Å². The summed E-state index contributed by atoms with van der Waals surface area (Å²) in [5.41, 5.74) is 3.86. The summed E-state index contributed by atoms with van der Waals surface area (Å²) < 4.78 is 0. The van der Waals surface area contributed by atoms with E-state index in [2.05, 4.69) is 36.9 Å². The van der Waals surface area contributed by atoms with Crippen molar-refractivity contribution in [2.75, 3.05) is 31.1 Å². The molecular weight excluding hydrogens is 458 g/mol. The van der Waals surface area contributed by atoms with Crippen LogP contribution in [0.5, 0.6) is 0 Å². The van der Waals surface area contributed by atoms with Crippen LogP contribution < -0.4 is 4.90 Å². The molecule has 0 atom stereocenters. The molecule has 0 saturated carbocycles. The number of nitro benzene ring substituents is 1. The van der Waals surface area contributed by atoms with Crippen molar-refractivity contribution < 1.29 is 9.72 Å². The molecule has 1 amide bonds. The van der Waals surface area contributed by atoms with E-state index in [-0.39, 0.29) is 11.6 Å². The van der Waals surface area contributed by atoms with Gasteiger partial charge in [-0.1, -0.05) is 41.6 Å². The van der Waals surface area contributed by atoms with E-state index in [4.69, 9.17) is 11.6 Å². The van der Waals surface area contributed by atoms with E-state index in [1.807, 2.05) is 6.07 Å². The van der Waals surface area contributed by atoms with Crippen LogP contribution in [0, 0.1) is 24.0 Å². The maximum absolute atomic E-state index is 13.1. The molecule has 6 nitrogen and oxygen atoms in total. The number of benzene rings is 3. The van der Waals surface area contributed by atoms with Gasteiger partial charge in [-0.15, -0.1) is 0 Å². The summed E-state index contributed by atoms with van der Waals surface area (Å²) in [6.45, 7) is 6.75. The van der Waals surface area contributed by atoms with Gasteiger partial charge in [-0.3, -0.25) is 14.9 Å². The number of carbonyl (C=O) groups is 1. The van der Waals surface area contributed by atoms with Crippen molar-refractivity contribution in [1.82, 2.24) is 4.90 Å². The third-order valence-corrected chi connectivity index (χ3v) is 6.99. The Morgan fingerprint density at radius 1 is 1.00 bits per heavy atom. The lowest BCUT2D eigenvalue weighted by Gasteiger charge is -2.37. The molecule has 0 radical (unpaired) electrons. The van der Waals surface area contributed by atoms with Crippen LogP contribution in [-0.2, 0) is 0 Å². The fourth-order valence-corrected chi connectivity index (χ4v) is 5.15. The maximum Gasteiger partial charge on any atom is 0.284 e. The lowest BCUT2D eigenvalue weighted by Crippen LogP contribution is -2.49. The molecule has 1 aliphatic heterocycles. The van der Waals surface area contributed by atoms with Crippen LogP contribution in [0.3, 0.4) is 0 Å². The first-order chi connectivity index (χ1) is 15.8. The predicted octanol–water partition coefficient (Wildman–Crippen LogP) is 5.98. The molecule has 0 unspecified atom stereocenters. The number of hydrogen-bond donors (Lipinski definition) is 0. The van der Waals surface area contributed by atoms with Crippen molar-refractivity contribution in [2.24, 2.45) is 0 Å². The van der Waals surface area contributed by atoms with Crippen molar-refractivity contribution >= 4 is 40.6 Å². The van der Waals surface area contributed by atoms with Crippen LogP contribution in [0.15, 0.2) is 70.5 Å². The second-order valence-electron chi connectivity index (χ2n) is 8.07. The Hall–Kier alpha value is -3.03. The van der Waals surface area contributed by atoms with Crippen molar-refractivity contribution in [3.8, 4) is 0 Å². The van der Waals surface area contributed by atoms with Gasteiger partial charge in [-0.2, -0.15) is 0 Å². The average molecular weight is 482 g/mol. The van der Waals surface area contributed by atoms with E-state index in [0.29, 0.717) is 28.6 Å². The lowest BCUT2D eigenvalue weighted by atomic mass is 10.1. The molecule has 3 aromatic rings. The van der Waals surface area contributed by atoms with E-state index in [1.165, 1.54) is 34.6 Å². The molecule has 1 saturated heterocycles. The van der Waals surface area contributed by atoms with Gasteiger partial charge in [0, 0.05) is 53.4 Å². The third-order valence-electron chi connectivity index (χ3n) is 5.70. The van der Waals surface area contributed by atoms with Gasteiger partial charge in [0.2, 0.25) is 0 Å². The highest BCUT2D eigenvalue weighted by Gasteiger charge is 2.25. The Morgan fingerprint density at radius 3 is 2.45 bits per heavy atom. The summed E-state index contributed by atoms with van der Waals surface area (Å²) in [7, 11) is 0. The topological polar surface area (TPSA) is 66.7 Å². The standard InChI is InChI=1S/C25H24ClN3O3S/c1-17-6-7-18(2)22(14-17)27-10-12-28(13-11-27)25(30)19-8-9-24(23(15-19)29(31)32)33-21-5-3-4-20(26)16-21/h3-9,14-16H,10-13H2,1-2H3. The summed E-state index contributed by atoms with van der Waals surface area (Å²) in [4.78, 5) is 29.7. The monoisotopic (exact) mass is 481 g/mol. The zero-order valence-corrected chi connectivity index (χ0v) is 20.0. The Kier molecular flexibility index (Phi) is 6.91. The van der Waals surface area contributed by atoms with Crippen molar-refractivity contribution in [2.45, 2.75) is 23.6 Å². The quantitative estimate of drug-likeness (QED) is 0.331. The number of carbonyl (C=O) groups excluding carboxylic acids is 1. The molecule has 33 heavy (non-hydrogen) atoms. The zero-order chi connectivity index (χ0) is 23.5. The Bertz CT molecular complexity index is 1210. The second-order valence-corrected chi connectivity index (χ2v) is 9.62. The lowest BCUT2D eigenvalue weighted by molar-refractivity contribution is -0.387. The number of rotatable bonds is 5. The summed E-state index contributed by atoms with van der Waals surface area (Å²) in [5, 5.41) is 12.3. The highest BCUT2D eigenvalue weighted by Crippen LogP contribution is 2.36. The molecule has 3 aromatic carbocycles. The number of hydrogen-bond acceptors (Lipinski definition) is 5. The molecule has 0 bridgehead atoms. The maximum atomic E-state index is 13.1. The number of anilines is 1.